The van der Waals surface area contributed by atoms with Gasteiger partial charge in [0.2, 0.25) is 5.91 Å². The Balaban J connectivity index is 1.53. The lowest BCUT2D eigenvalue weighted by atomic mass is 10.2. The molecule has 0 saturated carbocycles. The predicted molar refractivity (Wildman–Crippen MR) is 109 cm³/mol. The lowest BCUT2D eigenvalue weighted by Crippen LogP contribution is -2.39. The molecule has 1 fully saturated rings. The Kier molecular flexibility index (Phi) is 6.37. The van der Waals surface area contributed by atoms with Gasteiger partial charge in [-0.05, 0) is 29.8 Å². The highest BCUT2D eigenvalue weighted by atomic mass is 19.1. The smallest absolute Gasteiger partial charge is 0.290 e. The molecule has 3 heterocycles. The fourth-order valence-corrected chi connectivity index (χ4v) is 3.48. The summed E-state index contributed by atoms with van der Waals surface area (Å²) in [6.45, 7) is 0.733. The van der Waals surface area contributed by atoms with Crippen LogP contribution in [0.5, 0.6) is 0 Å². The number of aromatic nitrogens is 1. The van der Waals surface area contributed by atoms with E-state index in [0.29, 0.717) is 12.1 Å². The van der Waals surface area contributed by atoms with E-state index in [1.54, 1.807) is 53.7 Å². The summed E-state index contributed by atoms with van der Waals surface area (Å²) in [4.78, 5) is 32.9. The minimum absolute atomic E-state index is 0.0368. The molecular weight excluding hydrogens is 401 g/mol. The highest BCUT2D eigenvalue weighted by Gasteiger charge is 2.32. The molecule has 2 amide bonds. The van der Waals surface area contributed by atoms with Crippen molar-refractivity contribution in [3.63, 3.8) is 0 Å². The number of halogens is 1. The number of benzene rings is 1. The van der Waals surface area contributed by atoms with Crippen molar-refractivity contribution in [2.75, 3.05) is 19.6 Å². The second kappa shape index (κ2) is 9.53. The van der Waals surface area contributed by atoms with E-state index in [-0.39, 0.29) is 49.6 Å². The van der Waals surface area contributed by atoms with Crippen LogP contribution < -0.4 is 0 Å². The van der Waals surface area contributed by atoms with Gasteiger partial charge in [0, 0.05) is 37.6 Å². The van der Waals surface area contributed by atoms with Gasteiger partial charge in [-0.25, -0.2) is 4.39 Å². The van der Waals surface area contributed by atoms with Crippen LogP contribution in [-0.2, 0) is 22.7 Å². The molecule has 1 atom stereocenters. The molecule has 4 rings (SSSR count). The second-order valence-corrected chi connectivity index (χ2v) is 7.32. The Bertz CT molecular complexity index is 1030. The molecule has 8 heteroatoms. The van der Waals surface area contributed by atoms with Gasteiger partial charge in [-0.3, -0.25) is 14.6 Å². The first-order valence-corrected chi connectivity index (χ1v) is 9.94. The third-order valence-electron chi connectivity index (χ3n) is 5.07. The van der Waals surface area contributed by atoms with Gasteiger partial charge in [-0.15, -0.1) is 0 Å². The van der Waals surface area contributed by atoms with Gasteiger partial charge in [0.15, 0.2) is 5.76 Å². The lowest BCUT2D eigenvalue weighted by molar-refractivity contribution is -0.132. The normalized spacial score (nSPS) is 16.9. The number of carbonyl (C=O) groups is 2. The maximum Gasteiger partial charge on any atom is 0.290 e. The summed E-state index contributed by atoms with van der Waals surface area (Å²) in [5.74, 6) is -0.800. The van der Waals surface area contributed by atoms with E-state index in [2.05, 4.69) is 4.98 Å². The van der Waals surface area contributed by atoms with E-state index in [9.17, 15) is 14.0 Å². The van der Waals surface area contributed by atoms with Crippen LogP contribution in [0.2, 0.25) is 0 Å². The first kappa shape index (κ1) is 20.7. The lowest BCUT2D eigenvalue weighted by Gasteiger charge is -2.24. The van der Waals surface area contributed by atoms with Crippen molar-refractivity contribution in [2.45, 2.75) is 19.3 Å². The summed E-state index contributed by atoms with van der Waals surface area (Å²) in [5, 5.41) is 0. The van der Waals surface area contributed by atoms with Crippen molar-refractivity contribution >= 4 is 11.8 Å². The van der Waals surface area contributed by atoms with Crippen LogP contribution in [0.25, 0.3) is 0 Å². The number of furan rings is 1. The van der Waals surface area contributed by atoms with Gasteiger partial charge in [-0.2, -0.15) is 0 Å². The minimum atomic E-state index is -0.498. The van der Waals surface area contributed by atoms with Crippen LogP contribution in [0.15, 0.2) is 71.6 Å². The number of amides is 2. The van der Waals surface area contributed by atoms with Gasteiger partial charge < -0.3 is 19.0 Å². The molecule has 1 aliphatic heterocycles. The van der Waals surface area contributed by atoms with Gasteiger partial charge >= 0.3 is 0 Å². The fraction of sp³-hybridized carbons (Fsp3) is 0.261. The monoisotopic (exact) mass is 423 g/mol. The summed E-state index contributed by atoms with van der Waals surface area (Å²) in [6, 6.07) is 13.2. The molecule has 7 nitrogen and oxygen atoms in total. The second-order valence-electron chi connectivity index (χ2n) is 7.32. The fourth-order valence-electron chi connectivity index (χ4n) is 3.48. The summed E-state index contributed by atoms with van der Waals surface area (Å²) < 4.78 is 25.2. The van der Waals surface area contributed by atoms with E-state index < -0.39 is 6.10 Å². The van der Waals surface area contributed by atoms with Gasteiger partial charge in [0.25, 0.3) is 5.91 Å². The number of nitrogens with zero attached hydrogens (tertiary/aromatic N) is 3. The van der Waals surface area contributed by atoms with Gasteiger partial charge in [0.1, 0.15) is 12.4 Å². The van der Waals surface area contributed by atoms with Crippen LogP contribution in [0.3, 0.4) is 0 Å². The number of hydrogen-bond donors (Lipinski definition) is 0. The number of carbonyl (C=O) groups excluding carboxylic acids is 2. The van der Waals surface area contributed by atoms with Crippen molar-refractivity contribution in [1.29, 1.82) is 0 Å². The molecule has 0 spiro atoms. The van der Waals surface area contributed by atoms with E-state index in [4.69, 9.17) is 9.15 Å². The molecule has 2 aromatic heterocycles. The Hall–Kier alpha value is -3.52. The van der Waals surface area contributed by atoms with Gasteiger partial charge in [0.05, 0.1) is 19.0 Å². The predicted octanol–water partition coefficient (Wildman–Crippen LogP) is 2.88. The molecule has 0 N–H and O–H groups in total. The molecule has 31 heavy (non-hydrogen) atoms. The van der Waals surface area contributed by atoms with Crippen LogP contribution in [0.1, 0.15) is 21.7 Å². The number of ether oxygens (including phenoxy) is 1. The zero-order valence-electron chi connectivity index (χ0n) is 16.8. The average Bonchev–Trinajstić information content (AvgIpc) is 3.27. The summed E-state index contributed by atoms with van der Waals surface area (Å²) in [5.41, 5.74) is 1.29. The minimum Gasteiger partial charge on any atom is -0.459 e. The van der Waals surface area contributed by atoms with E-state index in [1.807, 2.05) is 6.07 Å². The zero-order chi connectivity index (χ0) is 21.6. The Morgan fingerprint density at radius 2 is 2.03 bits per heavy atom. The summed E-state index contributed by atoms with van der Waals surface area (Å²) in [7, 11) is 0. The van der Waals surface area contributed by atoms with Gasteiger partial charge in [-0.1, -0.05) is 24.3 Å². The molecule has 0 radical (unpaired) electrons. The summed E-state index contributed by atoms with van der Waals surface area (Å²) in [6.07, 6.45) is 4.27. The van der Waals surface area contributed by atoms with Crippen LogP contribution >= 0.6 is 0 Å². The van der Waals surface area contributed by atoms with Crippen LogP contribution in [-0.4, -0.2) is 52.3 Å². The Labute approximate surface area is 179 Å². The first-order chi connectivity index (χ1) is 15.1. The zero-order valence-corrected chi connectivity index (χ0v) is 16.8. The average molecular weight is 423 g/mol. The first-order valence-electron chi connectivity index (χ1n) is 9.94. The van der Waals surface area contributed by atoms with Crippen molar-refractivity contribution in [3.05, 3.63) is 89.9 Å². The molecule has 1 aromatic carbocycles. The quantitative estimate of drug-likeness (QED) is 0.610. The maximum absolute atomic E-state index is 14.0. The van der Waals surface area contributed by atoms with Crippen molar-refractivity contribution in [1.82, 2.24) is 14.8 Å². The summed E-state index contributed by atoms with van der Waals surface area (Å²) >= 11 is 0. The third kappa shape index (κ3) is 5.16. The molecular formula is C23H22FN3O4. The molecule has 0 aliphatic carbocycles. The SMILES string of the molecule is O=C1CN(C(=O)c2ccco2)CC(OCc2ccccc2F)CN1Cc1cccnc1. The standard InChI is InChI=1S/C23H22FN3O4/c24-20-7-2-1-6-18(20)16-31-19-13-26(12-17-5-3-9-25-11-17)22(28)15-27(14-19)23(29)21-8-4-10-30-21/h1-11,19H,12-16H2. The van der Waals surface area contributed by atoms with Crippen molar-refractivity contribution in [2.24, 2.45) is 0 Å². The van der Waals surface area contributed by atoms with Crippen LogP contribution in [0.4, 0.5) is 4.39 Å². The van der Waals surface area contributed by atoms with Crippen LogP contribution in [0, 0.1) is 5.82 Å². The molecule has 0 bridgehead atoms. The van der Waals surface area contributed by atoms with E-state index in [1.165, 1.54) is 17.2 Å². The largest absolute Gasteiger partial charge is 0.459 e. The Morgan fingerprint density at radius 3 is 2.77 bits per heavy atom. The topological polar surface area (TPSA) is 75.9 Å². The highest BCUT2D eigenvalue weighted by Crippen LogP contribution is 2.17. The molecule has 3 aromatic rings. The number of pyridine rings is 1. The van der Waals surface area contributed by atoms with E-state index >= 15 is 0 Å². The molecule has 1 aliphatic rings. The molecule has 1 saturated heterocycles. The number of hydrogen-bond acceptors (Lipinski definition) is 5. The molecule has 1 unspecified atom stereocenters. The maximum atomic E-state index is 14.0. The van der Waals surface area contributed by atoms with E-state index in [0.717, 1.165) is 5.56 Å². The molecule has 160 valence electrons. The highest BCUT2D eigenvalue weighted by molar-refractivity contribution is 5.94. The number of rotatable bonds is 6. The van der Waals surface area contributed by atoms with Crippen molar-refractivity contribution in [3.8, 4) is 0 Å². The van der Waals surface area contributed by atoms with Crippen molar-refractivity contribution < 1.29 is 23.1 Å². The third-order valence-corrected chi connectivity index (χ3v) is 5.07. The Morgan fingerprint density at radius 1 is 1.16 bits per heavy atom.